The third-order valence-corrected chi connectivity index (χ3v) is 7.76. The summed E-state index contributed by atoms with van der Waals surface area (Å²) in [4.78, 5) is 32.5. The quantitative estimate of drug-likeness (QED) is 0.386. The highest BCUT2D eigenvalue weighted by atomic mass is 16.5. The number of ketones is 1. The highest BCUT2D eigenvalue weighted by Gasteiger charge is 2.43. The van der Waals surface area contributed by atoms with Crippen LogP contribution in [-0.2, 0) is 4.79 Å². The fraction of sp³-hybridized carbons (Fsp3) is 0.333. The summed E-state index contributed by atoms with van der Waals surface area (Å²) in [6.07, 6.45) is 1.07. The normalized spacial score (nSPS) is 17.6. The molecule has 8 nitrogen and oxygen atoms in total. The Hall–Kier alpha value is -4.46. The number of nitrogens with one attached hydrogen (secondary N) is 1. The van der Waals surface area contributed by atoms with Crippen molar-refractivity contribution in [3.63, 3.8) is 0 Å². The molecule has 1 atom stereocenters. The first-order valence-electron chi connectivity index (χ1n) is 13.6. The van der Waals surface area contributed by atoms with Crippen LogP contribution in [-0.4, -0.2) is 47.1 Å². The van der Waals surface area contributed by atoms with E-state index >= 15 is 0 Å². The van der Waals surface area contributed by atoms with Crippen molar-refractivity contribution in [2.75, 3.05) is 50.5 Å². The second-order valence-corrected chi connectivity index (χ2v) is 11.5. The molecular formula is C33H37N3O5. The van der Waals surface area contributed by atoms with Crippen molar-refractivity contribution >= 4 is 28.8 Å². The van der Waals surface area contributed by atoms with Crippen LogP contribution in [0.3, 0.4) is 0 Å². The summed E-state index contributed by atoms with van der Waals surface area (Å²) >= 11 is 0. The highest BCUT2D eigenvalue weighted by molar-refractivity contribution is 6.12. The van der Waals surface area contributed by atoms with E-state index in [0.29, 0.717) is 46.9 Å². The van der Waals surface area contributed by atoms with Gasteiger partial charge in [0.05, 0.1) is 38.7 Å². The van der Waals surface area contributed by atoms with Crippen LogP contribution in [0.1, 0.15) is 48.7 Å². The van der Waals surface area contributed by atoms with E-state index in [-0.39, 0.29) is 17.1 Å². The number of methoxy groups -OCH3 is 3. The van der Waals surface area contributed by atoms with E-state index < -0.39 is 6.04 Å². The fourth-order valence-corrected chi connectivity index (χ4v) is 5.82. The number of para-hydroxylation sites is 2. The van der Waals surface area contributed by atoms with Crippen molar-refractivity contribution in [2.24, 2.45) is 5.41 Å². The number of benzene rings is 3. The number of hydrogen-bond donors (Lipinski definition) is 1. The van der Waals surface area contributed by atoms with Crippen molar-refractivity contribution in [3.8, 4) is 17.2 Å². The van der Waals surface area contributed by atoms with E-state index in [1.165, 1.54) is 21.3 Å². The van der Waals surface area contributed by atoms with Gasteiger partial charge in [-0.2, -0.15) is 0 Å². The van der Waals surface area contributed by atoms with E-state index in [1.807, 2.05) is 67.5 Å². The first kappa shape index (κ1) is 28.1. The lowest BCUT2D eigenvalue weighted by molar-refractivity contribution is -0.118. The molecule has 0 aromatic heterocycles. The Morgan fingerprint density at radius 2 is 1.56 bits per heavy atom. The van der Waals surface area contributed by atoms with Gasteiger partial charge >= 0.3 is 0 Å². The van der Waals surface area contributed by atoms with Gasteiger partial charge in [0, 0.05) is 43.0 Å². The number of allylic oxidation sites excluding steroid dienone is 1. The van der Waals surface area contributed by atoms with Gasteiger partial charge < -0.3 is 24.4 Å². The van der Waals surface area contributed by atoms with Crippen LogP contribution >= 0.6 is 0 Å². The minimum atomic E-state index is -0.660. The predicted molar refractivity (Wildman–Crippen MR) is 162 cm³/mol. The lowest BCUT2D eigenvalue weighted by atomic mass is 9.73. The van der Waals surface area contributed by atoms with Crippen LogP contribution in [0.15, 0.2) is 71.9 Å². The molecule has 1 amide bonds. The molecule has 1 aliphatic heterocycles. The summed E-state index contributed by atoms with van der Waals surface area (Å²) in [5.41, 5.74) is 4.89. The maximum absolute atomic E-state index is 14.7. The van der Waals surface area contributed by atoms with Crippen LogP contribution in [0.5, 0.6) is 17.2 Å². The molecule has 1 N–H and O–H groups in total. The Morgan fingerprint density at radius 3 is 2.15 bits per heavy atom. The summed E-state index contributed by atoms with van der Waals surface area (Å²) < 4.78 is 16.6. The van der Waals surface area contributed by atoms with Crippen molar-refractivity contribution in [1.29, 1.82) is 0 Å². The highest BCUT2D eigenvalue weighted by Crippen LogP contribution is 2.49. The zero-order valence-corrected chi connectivity index (χ0v) is 24.7. The van der Waals surface area contributed by atoms with Crippen molar-refractivity contribution in [2.45, 2.75) is 32.7 Å². The molecule has 0 radical (unpaired) electrons. The third-order valence-electron chi connectivity index (χ3n) is 7.76. The number of amides is 1. The smallest absolute Gasteiger partial charge is 0.259 e. The molecule has 5 rings (SSSR count). The van der Waals surface area contributed by atoms with Gasteiger partial charge in [-0.15, -0.1) is 0 Å². The van der Waals surface area contributed by atoms with Crippen LogP contribution in [0, 0.1) is 5.41 Å². The van der Waals surface area contributed by atoms with Crippen molar-refractivity contribution in [1.82, 2.24) is 0 Å². The summed E-state index contributed by atoms with van der Waals surface area (Å²) in [6.45, 7) is 4.21. The molecule has 0 saturated carbocycles. The molecule has 1 heterocycles. The van der Waals surface area contributed by atoms with Gasteiger partial charge in [0.15, 0.2) is 17.3 Å². The lowest BCUT2D eigenvalue weighted by Crippen LogP contribution is -2.39. The molecule has 1 unspecified atom stereocenters. The van der Waals surface area contributed by atoms with Gasteiger partial charge in [-0.1, -0.05) is 38.1 Å². The van der Waals surface area contributed by atoms with Crippen LogP contribution in [0.4, 0.5) is 17.1 Å². The number of nitrogens with zero attached hydrogens (tertiary/aromatic N) is 2. The number of Topliss-reactive ketones (excluding diaryl/α,β-unsaturated/α-hetero) is 1. The molecule has 0 bridgehead atoms. The summed E-state index contributed by atoms with van der Waals surface area (Å²) in [5.74, 6) is 0.875. The van der Waals surface area contributed by atoms with Gasteiger partial charge in [0.1, 0.15) is 0 Å². The van der Waals surface area contributed by atoms with Gasteiger partial charge in [-0.05, 0) is 53.8 Å². The average Bonchev–Trinajstić information content (AvgIpc) is 3.09. The Balaban J connectivity index is 1.78. The maximum atomic E-state index is 14.7. The third kappa shape index (κ3) is 5.10. The summed E-state index contributed by atoms with van der Waals surface area (Å²) in [5, 5.41) is 3.56. The monoisotopic (exact) mass is 555 g/mol. The molecule has 214 valence electrons. The molecule has 41 heavy (non-hydrogen) atoms. The maximum Gasteiger partial charge on any atom is 0.259 e. The molecule has 0 spiro atoms. The Morgan fingerprint density at radius 1 is 0.927 bits per heavy atom. The van der Waals surface area contributed by atoms with Crippen LogP contribution < -0.4 is 29.3 Å². The molecule has 8 heteroatoms. The van der Waals surface area contributed by atoms with Crippen LogP contribution in [0.25, 0.3) is 0 Å². The Kier molecular flexibility index (Phi) is 7.43. The largest absolute Gasteiger partial charge is 0.493 e. The van der Waals surface area contributed by atoms with Crippen molar-refractivity contribution in [3.05, 3.63) is 83.1 Å². The second-order valence-electron chi connectivity index (χ2n) is 11.5. The average molecular weight is 556 g/mol. The minimum absolute atomic E-state index is 0.0286. The number of hydrogen-bond acceptors (Lipinski definition) is 7. The predicted octanol–water partition coefficient (Wildman–Crippen LogP) is 6.24. The zero-order chi connectivity index (χ0) is 29.5. The lowest BCUT2D eigenvalue weighted by Gasteiger charge is -2.37. The number of fused-ring (bicyclic) bond motifs is 1. The number of carbonyl (C=O) groups excluding carboxylic acids is 2. The van der Waals surface area contributed by atoms with Crippen LogP contribution in [0.2, 0.25) is 0 Å². The molecule has 0 fully saturated rings. The topological polar surface area (TPSA) is 80.3 Å². The van der Waals surface area contributed by atoms with E-state index in [1.54, 1.807) is 17.0 Å². The van der Waals surface area contributed by atoms with Gasteiger partial charge in [0.2, 0.25) is 5.75 Å². The molecule has 3 aromatic carbocycles. The fourth-order valence-electron chi connectivity index (χ4n) is 5.82. The first-order valence-corrected chi connectivity index (χ1v) is 13.6. The Labute approximate surface area is 241 Å². The molecule has 3 aromatic rings. The summed E-state index contributed by atoms with van der Waals surface area (Å²) in [6, 6.07) is 18.4. The first-order chi connectivity index (χ1) is 19.6. The molecule has 0 saturated heterocycles. The van der Waals surface area contributed by atoms with E-state index in [4.69, 9.17) is 14.2 Å². The van der Waals surface area contributed by atoms with Gasteiger partial charge in [0.25, 0.3) is 5.91 Å². The molecule has 1 aliphatic carbocycles. The Bertz CT molecular complexity index is 1500. The number of carbonyl (C=O) groups is 2. The SMILES string of the molecule is COc1cc(C(=O)N2c3ccccc3NC3=C(C(=O)CC(C)(C)C3)C2c2ccc(N(C)C)cc2)cc(OC)c1OC. The molecule has 2 aliphatic rings. The summed E-state index contributed by atoms with van der Waals surface area (Å²) in [7, 11) is 8.52. The van der Waals surface area contributed by atoms with E-state index in [9.17, 15) is 9.59 Å². The second kappa shape index (κ2) is 10.8. The number of anilines is 3. The van der Waals surface area contributed by atoms with Crippen molar-refractivity contribution < 1.29 is 23.8 Å². The zero-order valence-electron chi connectivity index (χ0n) is 24.7. The number of rotatable bonds is 6. The van der Waals surface area contributed by atoms with E-state index in [0.717, 1.165) is 22.6 Å². The number of ether oxygens (including phenoxy) is 3. The minimum Gasteiger partial charge on any atom is -0.493 e. The van der Waals surface area contributed by atoms with Gasteiger partial charge in [-0.3, -0.25) is 14.5 Å². The van der Waals surface area contributed by atoms with Gasteiger partial charge in [-0.25, -0.2) is 0 Å². The molecular weight excluding hydrogens is 518 g/mol. The van der Waals surface area contributed by atoms with E-state index in [2.05, 4.69) is 19.2 Å². The standard InChI is InChI=1S/C33H37N3O5/c1-33(2)18-24-29(26(37)19-33)30(20-12-14-22(15-13-20)35(3)4)36(25-11-9-8-10-23(25)34-24)32(38)21-16-27(39-5)31(41-7)28(17-21)40-6/h8-17,30,34H,18-19H2,1-7H3.